The highest BCUT2D eigenvalue weighted by atomic mass is 14.9. The van der Waals surface area contributed by atoms with Gasteiger partial charge in [0.25, 0.3) is 0 Å². The van der Waals surface area contributed by atoms with Crippen molar-refractivity contribution in [2.24, 2.45) is 0 Å². The molecule has 0 aromatic heterocycles. The monoisotopic (exact) mass is 229 g/mol. The van der Waals surface area contributed by atoms with Crippen LogP contribution in [0, 0.1) is 6.92 Å². The van der Waals surface area contributed by atoms with E-state index in [9.17, 15) is 0 Å². The summed E-state index contributed by atoms with van der Waals surface area (Å²) in [6.45, 7) is 4.56. The van der Waals surface area contributed by atoms with Gasteiger partial charge in [0.15, 0.2) is 0 Å². The van der Waals surface area contributed by atoms with Crippen LogP contribution in [0.3, 0.4) is 0 Å². The second-order valence-electron chi connectivity index (χ2n) is 5.93. The van der Waals surface area contributed by atoms with Crippen LogP contribution in [0.5, 0.6) is 0 Å². The molecule has 1 aromatic carbocycles. The van der Waals surface area contributed by atoms with Gasteiger partial charge in [0.1, 0.15) is 0 Å². The summed E-state index contributed by atoms with van der Waals surface area (Å²) >= 11 is 0. The van der Waals surface area contributed by atoms with E-state index >= 15 is 0 Å². The van der Waals surface area contributed by atoms with E-state index in [1.165, 1.54) is 50.6 Å². The average Bonchev–Trinajstić information content (AvgIpc) is 2.51. The number of rotatable bonds is 0. The van der Waals surface area contributed by atoms with E-state index in [1.54, 1.807) is 11.1 Å². The summed E-state index contributed by atoms with van der Waals surface area (Å²) in [7, 11) is 0. The molecule has 1 spiro atoms. The van der Waals surface area contributed by atoms with E-state index in [-0.39, 0.29) is 0 Å². The molecule has 0 unspecified atom stereocenters. The van der Waals surface area contributed by atoms with Crippen molar-refractivity contribution in [3.63, 3.8) is 0 Å². The molecule has 1 N–H and O–H groups in total. The zero-order valence-electron chi connectivity index (χ0n) is 10.9. The Labute approximate surface area is 105 Å². The molecular weight excluding hydrogens is 206 g/mol. The topological polar surface area (TPSA) is 12.0 Å². The fraction of sp³-hybridized carbons (Fsp3) is 0.625. The highest BCUT2D eigenvalue weighted by molar-refractivity contribution is 5.39. The number of benzene rings is 1. The standard InChI is InChI=1S/C16H23N/c1-13-5-6-15-14(11-13)7-10-17-12-16(15)8-3-2-4-9-16/h5-6,11,17H,2-4,7-10,12H2,1H3. The van der Waals surface area contributed by atoms with Crippen molar-refractivity contribution in [2.45, 2.75) is 50.9 Å². The average molecular weight is 229 g/mol. The van der Waals surface area contributed by atoms with Crippen LogP contribution in [0.4, 0.5) is 0 Å². The van der Waals surface area contributed by atoms with E-state index < -0.39 is 0 Å². The molecule has 1 aliphatic carbocycles. The molecule has 17 heavy (non-hydrogen) atoms. The van der Waals surface area contributed by atoms with Gasteiger partial charge in [-0.15, -0.1) is 0 Å². The van der Waals surface area contributed by atoms with E-state index in [0.717, 1.165) is 6.54 Å². The van der Waals surface area contributed by atoms with Crippen LogP contribution >= 0.6 is 0 Å². The van der Waals surface area contributed by atoms with Crippen molar-refractivity contribution in [3.05, 3.63) is 34.9 Å². The first-order chi connectivity index (χ1) is 8.30. The second-order valence-corrected chi connectivity index (χ2v) is 5.93. The van der Waals surface area contributed by atoms with Crippen LogP contribution in [0.2, 0.25) is 0 Å². The number of hydrogen-bond donors (Lipinski definition) is 1. The number of fused-ring (bicyclic) bond motifs is 2. The summed E-state index contributed by atoms with van der Waals surface area (Å²) in [5, 5.41) is 3.67. The Balaban J connectivity index is 2.05. The van der Waals surface area contributed by atoms with Crippen molar-refractivity contribution in [3.8, 4) is 0 Å². The number of aryl methyl sites for hydroxylation is 1. The summed E-state index contributed by atoms with van der Waals surface area (Å²) in [4.78, 5) is 0. The molecule has 1 nitrogen and oxygen atoms in total. The lowest BCUT2D eigenvalue weighted by Crippen LogP contribution is -2.38. The minimum Gasteiger partial charge on any atom is -0.316 e. The van der Waals surface area contributed by atoms with E-state index in [1.807, 2.05) is 0 Å². The first-order valence-corrected chi connectivity index (χ1v) is 7.11. The van der Waals surface area contributed by atoms with Crippen LogP contribution in [0.1, 0.15) is 48.8 Å². The van der Waals surface area contributed by atoms with Crippen LogP contribution in [-0.2, 0) is 11.8 Å². The first kappa shape index (κ1) is 11.3. The van der Waals surface area contributed by atoms with Crippen molar-refractivity contribution < 1.29 is 0 Å². The molecule has 0 amide bonds. The number of hydrogen-bond acceptors (Lipinski definition) is 1. The van der Waals surface area contributed by atoms with E-state index in [0.29, 0.717) is 5.41 Å². The molecule has 92 valence electrons. The maximum absolute atomic E-state index is 3.67. The second kappa shape index (κ2) is 4.45. The van der Waals surface area contributed by atoms with Gasteiger partial charge in [0.2, 0.25) is 0 Å². The summed E-state index contributed by atoms with van der Waals surface area (Å²) in [5.41, 5.74) is 5.14. The van der Waals surface area contributed by atoms with Crippen molar-refractivity contribution in [1.29, 1.82) is 0 Å². The summed E-state index contributed by atoms with van der Waals surface area (Å²) in [6, 6.07) is 7.14. The van der Waals surface area contributed by atoms with Gasteiger partial charge in [0.05, 0.1) is 0 Å². The highest BCUT2D eigenvalue weighted by Crippen LogP contribution is 2.41. The third-order valence-corrected chi connectivity index (χ3v) is 4.68. The van der Waals surface area contributed by atoms with Crippen molar-refractivity contribution >= 4 is 0 Å². The molecule has 0 saturated heterocycles. The van der Waals surface area contributed by atoms with Gasteiger partial charge in [-0.3, -0.25) is 0 Å². The van der Waals surface area contributed by atoms with Crippen molar-refractivity contribution in [1.82, 2.24) is 5.32 Å². The molecule has 1 saturated carbocycles. The third kappa shape index (κ3) is 2.01. The van der Waals surface area contributed by atoms with Crippen LogP contribution in [-0.4, -0.2) is 13.1 Å². The van der Waals surface area contributed by atoms with Gasteiger partial charge in [-0.2, -0.15) is 0 Å². The van der Waals surface area contributed by atoms with Crippen LogP contribution in [0.25, 0.3) is 0 Å². The fourth-order valence-corrected chi connectivity index (χ4v) is 3.77. The Hall–Kier alpha value is -0.820. The van der Waals surface area contributed by atoms with Gasteiger partial charge in [-0.05, 0) is 43.9 Å². The fourth-order valence-electron chi connectivity index (χ4n) is 3.77. The largest absolute Gasteiger partial charge is 0.316 e. The predicted molar refractivity (Wildman–Crippen MR) is 72.5 cm³/mol. The molecule has 1 heterocycles. The molecular formula is C16H23N. The quantitative estimate of drug-likeness (QED) is 0.719. The molecule has 1 aliphatic heterocycles. The summed E-state index contributed by atoms with van der Waals surface area (Å²) in [5.74, 6) is 0. The van der Waals surface area contributed by atoms with Gasteiger partial charge in [0, 0.05) is 12.0 Å². The molecule has 1 fully saturated rings. The van der Waals surface area contributed by atoms with E-state index in [2.05, 4.69) is 30.4 Å². The lowest BCUT2D eigenvalue weighted by Gasteiger charge is -2.38. The molecule has 1 heteroatoms. The highest BCUT2D eigenvalue weighted by Gasteiger charge is 2.36. The van der Waals surface area contributed by atoms with Gasteiger partial charge in [-0.1, -0.05) is 43.0 Å². The summed E-state index contributed by atoms with van der Waals surface area (Å²) < 4.78 is 0. The molecule has 2 aliphatic rings. The molecule has 0 bridgehead atoms. The Morgan fingerprint density at radius 1 is 1.12 bits per heavy atom. The Morgan fingerprint density at radius 2 is 1.94 bits per heavy atom. The molecule has 0 radical (unpaired) electrons. The smallest absolute Gasteiger partial charge is 0.00805 e. The third-order valence-electron chi connectivity index (χ3n) is 4.68. The van der Waals surface area contributed by atoms with Crippen LogP contribution < -0.4 is 5.32 Å². The Bertz CT molecular complexity index is 402. The number of nitrogens with one attached hydrogen (secondary N) is 1. The van der Waals surface area contributed by atoms with Crippen molar-refractivity contribution in [2.75, 3.05) is 13.1 Å². The Kier molecular flexibility index (Phi) is 2.96. The van der Waals surface area contributed by atoms with Crippen LogP contribution in [0.15, 0.2) is 18.2 Å². The van der Waals surface area contributed by atoms with E-state index in [4.69, 9.17) is 0 Å². The lowest BCUT2D eigenvalue weighted by molar-refractivity contribution is 0.286. The molecule has 3 rings (SSSR count). The molecule has 1 aromatic rings. The predicted octanol–water partition coefficient (Wildman–Crippen LogP) is 3.34. The van der Waals surface area contributed by atoms with Gasteiger partial charge in [-0.25, -0.2) is 0 Å². The normalized spacial score (nSPS) is 23.1. The first-order valence-electron chi connectivity index (χ1n) is 7.11. The molecule has 0 atom stereocenters. The summed E-state index contributed by atoms with van der Waals surface area (Å²) in [6.07, 6.45) is 8.23. The van der Waals surface area contributed by atoms with Gasteiger partial charge >= 0.3 is 0 Å². The maximum Gasteiger partial charge on any atom is 0.00805 e. The Morgan fingerprint density at radius 3 is 2.76 bits per heavy atom. The minimum absolute atomic E-state index is 0.456. The van der Waals surface area contributed by atoms with Gasteiger partial charge < -0.3 is 5.32 Å². The lowest BCUT2D eigenvalue weighted by atomic mass is 9.68. The SMILES string of the molecule is Cc1ccc2c(c1)CCNCC21CCCCC1. The maximum atomic E-state index is 3.67. The zero-order valence-corrected chi connectivity index (χ0v) is 10.9. The zero-order chi connectivity index (χ0) is 11.7. The minimum atomic E-state index is 0.456.